The van der Waals surface area contributed by atoms with E-state index < -0.39 is 5.54 Å². The number of hydrogen-bond donors (Lipinski definition) is 2. The van der Waals surface area contributed by atoms with E-state index in [1.807, 2.05) is 38.1 Å². The van der Waals surface area contributed by atoms with Crippen LogP contribution < -0.4 is 20.3 Å². The molecule has 1 amide bonds. The number of fused-ring (bicyclic) bond motifs is 4. The van der Waals surface area contributed by atoms with Gasteiger partial charge in [-0.1, -0.05) is 18.2 Å². The van der Waals surface area contributed by atoms with Gasteiger partial charge in [0.15, 0.2) is 11.5 Å². The predicted octanol–water partition coefficient (Wildman–Crippen LogP) is 2.57. The van der Waals surface area contributed by atoms with Crippen LogP contribution in [0.1, 0.15) is 29.8 Å². The van der Waals surface area contributed by atoms with Crippen molar-refractivity contribution in [2.75, 3.05) is 6.79 Å². The topological polar surface area (TPSA) is 97.7 Å². The summed E-state index contributed by atoms with van der Waals surface area (Å²) in [6.07, 6.45) is 1.46. The number of ether oxygens (including phenoxy) is 2. The lowest BCUT2D eigenvalue weighted by Crippen LogP contribution is -2.41. The van der Waals surface area contributed by atoms with Crippen LogP contribution in [-0.4, -0.2) is 27.3 Å². The average molecular weight is 390 g/mol. The van der Waals surface area contributed by atoms with Gasteiger partial charge in [0.2, 0.25) is 6.79 Å². The van der Waals surface area contributed by atoms with Crippen LogP contribution in [0, 0.1) is 0 Å². The number of amides is 1. The molecule has 2 aromatic carbocycles. The average Bonchev–Trinajstić information content (AvgIpc) is 3.34. The molecule has 0 spiro atoms. The Morgan fingerprint density at radius 1 is 1.17 bits per heavy atom. The molecule has 29 heavy (non-hydrogen) atoms. The van der Waals surface area contributed by atoms with Crippen LogP contribution in [0.5, 0.6) is 11.5 Å². The molecule has 2 N–H and O–H groups in total. The fourth-order valence-corrected chi connectivity index (χ4v) is 3.55. The first-order valence-corrected chi connectivity index (χ1v) is 9.15. The number of rotatable bonds is 3. The molecule has 0 atom stereocenters. The summed E-state index contributed by atoms with van der Waals surface area (Å²) in [5.41, 5.74) is 1.20. The number of H-pyrrole nitrogens is 1. The quantitative estimate of drug-likeness (QED) is 0.560. The standard InChI is InChI=1S/C21H18N4O4/c1-21(2,12-7-8-16-17(9-12)29-11-28-16)24-20(27)14-10-22-25-15-6-4-3-5-13(15)19(26)23-18(14)25/h3-10H,11H2,1-2H3,(H,23,26)(H,24,27). The first kappa shape index (κ1) is 17.3. The molecule has 0 saturated heterocycles. The number of aromatic amines is 1. The lowest BCUT2D eigenvalue weighted by Gasteiger charge is -2.27. The number of nitrogens with zero attached hydrogens (tertiary/aromatic N) is 2. The van der Waals surface area contributed by atoms with Crippen molar-refractivity contribution in [1.82, 2.24) is 19.9 Å². The Bertz CT molecular complexity index is 1340. The molecule has 8 heteroatoms. The van der Waals surface area contributed by atoms with E-state index in [9.17, 15) is 9.59 Å². The van der Waals surface area contributed by atoms with Gasteiger partial charge in [-0.25, -0.2) is 4.52 Å². The summed E-state index contributed by atoms with van der Waals surface area (Å²) in [6.45, 7) is 3.98. The third kappa shape index (κ3) is 2.72. The number of para-hydroxylation sites is 1. The third-order valence-corrected chi connectivity index (χ3v) is 5.14. The van der Waals surface area contributed by atoms with Crippen molar-refractivity contribution in [1.29, 1.82) is 0 Å². The largest absolute Gasteiger partial charge is 0.454 e. The van der Waals surface area contributed by atoms with Crippen LogP contribution in [0.3, 0.4) is 0 Å². The Morgan fingerprint density at radius 3 is 2.83 bits per heavy atom. The predicted molar refractivity (Wildman–Crippen MR) is 106 cm³/mol. The number of carbonyl (C=O) groups excluding carboxylic acids is 1. The van der Waals surface area contributed by atoms with Crippen LogP contribution in [0.2, 0.25) is 0 Å². The molecule has 0 unspecified atom stereocenters. The van der Waals surface area contributed by atoms with Gasteiger partial charge in [0.05, 0.1) is 22.6 Å². The summed E-state index contributed by atoms with van der Waals surface area (Å²) in [7, 11) is 0. The molecular formula is C21H18N4O4. The van der Waals surface area contributed by atoms with E-state index in [2.05, 4.69) is 15.4 Å². The van der Waals surface area contributed by atoms with Crippen molar-refractivity contribution in [3.8, 4) is 11.5 Å². The molecule has 2 aromatic heterocycles. The maximum atomic E-state index is 13.0. The van der Waals surface area contributed by atoms with Crippen molar-refractivity contribution in [3.63, 3.8) is 0 Å². The maximum Gasteiger partial charge on any atom is 0.259 e. The van der Waals surface area contributed by atoms with Crippen molar-refractivity contribution in [2.45, 2.75) is 19.4 Å². The van der Waals surface area contributed by atoms with Gasteiger partial charge in [-0.05, 0) is 43.7 Å². The summed E-state index contributed by atoms with van der Waals surface area (Å²) < 4.78 is 12.4. The van der Waals surface area contributed by atoms with Gasteiger partial charge in [-0.2, -0.15) is 5.10 Å². The second kappa shape index (κ2) is 6.10. The molecule has 0 saturated carbocycles. The summed E-state index contributed by atoms with van der Waals surface area (Å²) in [4.78, 5) is 28.2. The Labute approximate surface area is 165 Å². The minimum absolute atomic E-state index is 0.190. The third-order valence-electron chi connectivity index (χ3n) is 5.14. The fourth-order valence-electron chi connectivity index (χ4n) is 3.55. The Hall–Kier alpha value is -3.81. The van der Waals surface area contributed by atoms with Gasteiger partial charge in [0, 0.05) is 0 Å². The first-order chi connectivity index (χ1) is 13.9. The summed E-state index contributed by atoms with van der Waals surface area (Å²) in [6, 6.07) is 12.7. The highest BCUT2D eigenvalue weighted by Crippen LogP contribution is 2.35. The van der Waals surface area contributed by atoms with Gasteiger partial charge in [0.1, 0.15) is 11.2 Å². The zero-order valence-corrected chi connectivity index (χ0v) is 15.9. The van der Waals surface area contributed by atoms with Crippen molar-refractivity contribution in [2.24, 2.45) is 0 Å². The van der Waals surface area contributed by atoms with Crippen LogP contribution in [0.15, 0.2) is 53.5 Å². The van der Waals surface area contributed by atoms with Crippen LogP contribution >= 0.6 is 0 Å². The van der Waals surface area contributed by atoms with Crippen molar-refractivity contribution < 1.29 is 14.3 Å². The zero-order valence-electron chi connectivity index (χ0n) is 15.9. The first-order valence-electron chi connectivity index (χ1n) is 9.15. The van der Waals surface area contributed by atoms with E-state index in [-0.39, 0.29) is 18.3 Å². The number of aromatic nitrogens is 3. The maximum absolute atomic E-state index is 13.0. The van der Waals surface area contributed by atoms with Gasteiger partial charge in [0.25, 0.3) is 11.5 Å². The number of hydrogen-bond acceptors (Lipinski definition) is 5. The fraction of sp³-hybridized carbons (Fsp3) is 0.190. The SMILES string of the molecule is CC(C)(NC(=O)c1cnn2c1[nH]c(=O)c1ccccc12)c1ccc2c(c1)OCO2. The lowest BCUT2D eigenvalue weighted by molar-refractivity contribution is 0.0913. The summed E-state index contributed by atoms with van der Waals surface area (Å²) in [5, 5.41) is 7.83. The molecule has 3 heterocycles. The van der Waals surface area contributed by atoms with E-state index in [1.165, 1.54) is 6.20 Å². The van der Waals surface area contributed by atoms with Crippen molar-refractivity contribution in [3.05, 3.63) is 70.1 Å². The van der Waals surface area contributed by atoms with E-state index in [1.54, 1.807) is 22.7 Å². The molecule has 0 fully saturated rings. The van der Waals surface area contributed by atoms with Gasteiger partial charge >= 0.3 is 0 Å². The number of nitrogens with one attached hydrogen (secondary N) is 2. The van der Waals surface area contributed by atoms with Crippen molar-refractivity contribution >= 4 is 22.5 Å². The van der Waals surface area contributed by atoms with E-state index >= 15 is 0 Å². The molecule has 1 aliphatic heterocycles. The molecule has 1 aliphatic rings. The summed E-state index contributed by atoms with van der Waals surface area (Å²) in [5.74, 6) is 0.994. The van der Waals surface area contributed by atoms with Crippen LogP contribution in [0.25, 0.3) is 16.6 Å². The highest BCUT2D eigenvalue weighted by molar-refractivity contribution is 6.01. The Balaban J connectivity index is 1.52. The zero-order chi connectivity index (χ0) is 20.2. The molecule has 0 aliphatic carbocycles. The molecule has 0 radical (unpaired) electrons. The normalized spacial score (nSPS) is 13.2. The van der Waals surface area contributed by atoms with E-state index in [0.29, 0.717) is 33.6 Å². The van der Waals surface area contributed by atoms with Gasteiger partial charge in [-0.3, -0.25) is 9.59 Å². The Kier molecular flexibility index (Phi) is 3.64. The molecule has 4 aromatic rings. The summed E-state index contributed by atoms with van der Waals surface area (Å²) >= 11 is 0. The lowest BCUT2D eigenvalue weighted by atomic mass is 9.93. The number of carbonyl (C=O) groups is 1. The second-order valence-electron chi connectivity index (χ2n) is 7.44. The molecular weight excluding hydrogens is 372 g/mol. The monoisotopic (exact) mass is 390 g/mol. The molecule has 5 rings (SSSR count). The number of benzene rings is 2. The van der Waals surface area contributed by atoms with Gasteiger partial charge < -0.3 is 19.8 Å². The van der Waals surface area contributed by atoms with Crippen LogP contribution in [0.4, 0.5) is 0 Å². The van der Waals surface area contributed by atoms with E-state index in [4.69, 9.17) is 9.47 Å². The van der Waals surface area contributed by atoms with E-state index in [0.717, 1.165) is 5.56 Å². The van der Waals surface area contributed by atoms with Crippen LogP contribution in [-0.2, 0) is 5.54 Å². The molecule has 8 nitrogen and oxygen atoms in total. The highest BCUT2D eigenvalue weighted by Gasteiger charge is 2.27. The Morgan fingerprint density at radius 2 is 1.97 bits per heavy atom. The minimum Gasteiger partial charge on any atom is -0.454 e. The minimum atomic E-state index is -0.691. The second-order valence-corrected chi connectivity index (χ2v) is 7.44. The highest BCUT2D eigenvalue weighted by atomic mass is 16.7. The molecule has 0 bridgehead atoms. The van der Waals surface area contributed by atoms with Gasteiger partial charge in [-0.15, -0.1) is 0 Å². The smallest absolute Gasteiger partial charge is 0.259 e. The molecule has 146 valence electrons.